The highest BCUT2D eigenvalue weighted by molar-refractivity contribution is 6.74. The molecular weight excluding hydrogens is 318 g/mol. The van der Waals surface area contributed by atoms with Crippen molar-refractivity contribution >= 4 is 14.4 Å². The van der Waals surface area contributed by atoms with Gasteiger partial charge in [0.2, 0.25) is 0 Å². The molecule has 0 radical (unpaired) electrons. The first-order valence-electron chi connectivity index (χ1n) is 8.39. The van der Waals surface area contributed by atoms with E-state index in [1.54, 1.807) is 0 Å². The summed E-state index contributed by atoms with van der Waals surface area (Å²) in [6, 6.07) is 9.52. The van der Waals surface area contributed by atoms with Crippen molar-refractivity contribution < 1.29 is 14.0 Å². The topological polar surface area (TPSA) is 47.6 Å². The summed E-state index contributed by atoms with van der Waals surface area (Å²) in [6.07, 6.45) is 3.47. The number of nitrogens with one attached hydrogen (secondary N) is 1. The summed E-state index contributed by atoms with van der Waals surface area (Å²) < 4.78 is 11.3. The van der Waals surface area contributed by atoms with Crippen LogP contribution in [0.25, 0.3) is 0 Å². The largest absolute Gasteiger partial charge is 0.445 e. The lowest BCUT2D eigenvalue weighted by Crippen LogP contribution is -2.40. The van der Waals surface area contributed by atoms with Crippen molar-refractivity contribution in [2.45, 2.75) is 58.5 Å². The fraction of sp³-hybridized carbons (Fsp3) is 0.526. The van der Waals surface area contributed by atoms with Crippen LogP contribution in [0.15, 0.2) is 42.5 Å². The van der Waals surface area contributed by atoms with E-state index in [4.69, 9.17) is 9.16 Å². The van der Waals surface area contributed by atoms with Gasteiger partial charge in [-0.25, -0.2) is 4.79 Å². The van der Waals surface area contributed by atoms with E-state index in [-0.39, 0.29) is 17.7 Å². The van der Waals surface area contributed by atoms with E-state index in [1.165, 1.54) is 0 Å². The normalized spacial score (nSPS) is 13.8. The summed E-state index contributed by atoms with van der Waals surface area (Å²) in [5.74, 6) is 0. The molecule has 0 aromatic heterocycles. The highest BCUT2D eigenvalue weighted by Crippen LogP contribution is 2.36. The Hall–Kier alpha value is -1.59. The second kappa shape index (κ2) is 9.04. The van der Waals surface area contributed by atoms with Gasteiger partial charge in [0.25, 0.3) is 0 Å². The third-order valence-electron chi connectivity index (χ3n) is 4.33. The molecule has 24 heavy (non-hydrogen) atoms. The maximum absolute atomic E-state index is 11.8. The average Bonchev–Trinajstić information content (AvgIpc) is 2.49. The number of ether oxygens (including phenoxy) is 1. The van der Waals surface area contributed by atoms with Gasteiger partial charge in [-0.15, -0.1) is 0 Å². The van der Waals surface area contributed by atoms with Gasteiger partial charge < -0.3 is 14.5 Å². The highest BCUT2D eigenvalue weighted by Gasteiger charge is 2.36. The fourth-order valence-corrected chi connectivity index (χ4v) is 2.68. The van der Waals surface area contributed by atoms with Crippen molar-refractivity contribution in [2.75, 3.05) is 6.61 Å². The summed E-state index contributed by atoms with van der Waals surface area (Å²) in [6.45, 7) is 13.9. The zero-order valence-electron chi connectivity index (χ0n) is 15.8. The van der Waals surface area contributed by atoms with E-state index in [2.05, 4.69) is 39.2 Å². The SMILES string of the molecule is C[C@@H](/C=C\CO[Si](C)(C)C(C)(C)C)NC(=O)OCc1ccccc1. The number of carbonyl (C=O) groups excluding carboxylic acids is 1. The lowest BCUT2D eigenvalue weighted by atomic mass is 10.2. The van der Waals surface area contributed by atoms with Gasteiger partial charge in [-0.3, -0.25) is 0 Å². The molecule has 5 heteroatoms. The van der Waals surface area contributed by atoms with E-state index >= 15 is 0 Å². The van der Waals surface area contributed by atoms with Crippen molar-refractivity contribution in [1.82, 2.24) is 5.32 Å². The predicted molar refractivity (Wildman–Crippen MR) is 102 cm³/mol. The van der Waals surface area contributed by atoms with Crippen LogP contribution in [-0.2, 0) is 15.8 Å². The first-order valence-corrected chi connectivity index (χ1v) is 11.3. The molecule has 0 aliphatic heterocycles. The summed E-state index contributed by atoms with van der Waals surface area (Å²) in [5, 5.41) is 2.99. The van der Waals surface area contributed by atoms with Gasteiger partial charge in [0.05, 0.1) is 6.61 Å². The Balaban J connectivity index is 2.30. The van der Waals surface area contributed by atoms with Gasteiger partial charge >= 0.3 is 6.09 Å². The minimum absolute atomic E-state index is 0.101. The molecule has 1 aromatic carbocycles. The molecule has 0 saturated heterocycles. The molecule has 0 aliphatic rings. The van der Waals surface area contributed by atoms with E-state index in [0.29, 0.717) is 6.61 Å². The minimum atomic E-state index is -1.72. The Morgan fingerprint density at radius 1 is 1.25 bits per heavy atom. The average molecular weight is 350 g/mol. The standard InChI is InChI=1S/C19H31NO3Si/c1-16(11-10-14-23-24(5,6)19(2,3)4)20-18(21)22-15-17-12-8-7-9-13-17/h7-13,16H,14-15H2,1-6H3,(H,20,21)/b11-10-/t16-/m0/s1. The van der Waals surface area contributed by atoms with Gasteiger partial charge in [-0.2, -0.15) is 0 Å². The summed E-state index contributed by atoms with van der Waals surface area (Å²) >= 11 is 0. The molecule has 134 valence electrons. The van der Waals surface area contributed by atoms with Gasteiger partial charge in [0.15, 0.2) is 8.32 Å². The molecular formula is C19H31NO3Si. The van der Waals surface area contributed by atoms with Crippen LogP contribution in [0.4, 0.5) is 4.79 Å². The van der Waals surface area contributed by atoms with Crippen LogP contribution in [0.2, 0.25) is 18.1 Å². The molecule has 0 heterocycles. The van der Waals surface area contributed by atoms with Crippen LogP contribution in [0.3, 0.4) is 0 Å². The molecule has 1 aromatic rings. The molecule has 4 nitrogen and oxygen atoms in total. The van der Waals surface area contributed by atoms with Gasteiger partial charge in [-0.1, -0.05) is 63.3 Å². The van der Waals surface area contributed by atoms with Crippen LogP contribution >= 0.6 is 0 Å². The van der Waals surface area contributed by atoms with Gasteiger partial charge in [0.1, 0.15) is 6.61 Å². The number of benzene rings is 1. The first-order chi connectivity index (χ1) is 11.1. The van der Waals surface area contributed by atoms with Crippen molar-refractivity contribution in [3.63, 3.8) is 0 Å². The molecule has 0 fully saturated rings. The number of rotatable bonds is 7. The third kappa shape index (κ3) is 7.32. The fourth-order valence-electron chi connectivity index (χ4n) is 1.73. The highest BCUT2D eigenvalue weighted by atomic mass is 28.4. The smallest absolute Gasteiger partial charge is 0.407 e. The maximum Gasteiger partial charge on any atom is 0.407 e. The number of amides is 1. The second-order valence-electron chi connectivity index (χ2n) is 7.49. The Morgan fingerprint density at radius 3 is 2.46 bits per heavy atom. The zero-order chi connectivity index (χ0) is 18.2. The molecule has 0 spiro atoms. The molecule has 0 bridgehead atoms. The molecule has 1 amide bonds. The van der Waals surface area contributed by atoms with Crippen molar-refractivity contribution in [3.05, 3.63) is 48.0 Å². The maximum atomic E-state index is 11.8. The minimum Gasteiger partial charge on any atom is -0.445 e. The lowest BCUT2D eigenvalue weighted by Gasteiger charge is -2.35. The van der Waals surface area contributed by atoms with Crippen molar-refractivity contribution in [1.29, 1.82) is 0 Å². The summed E-state index contributed by atoms with van der Waals surface area (Å²) in [4.78, 5) is 11.8. The van der Waals surface area contributed by atoms with Gasteiger partial charge in [0, 0.05) is 6.04 Å². The number of hydrogen-bond donors (Lipinski definition) is 1. The molecule has 0 unspecified atom stereocenters. The third-order valence-corrected chi connectivity index (χ3v) is 8.83. The van der Waals surface area contributed by atoms with Crippen LogP contribution in [0.5, 0.6) is 0 Å². The Labute approximate surface area is 147 Å². The monoisotopic (exact) mass is 349 g/mol. The molecule has 1 atom stereocenters. The van der Waals surface area contributed by atoms with E-state index in [1.807, 2.05) is 49.4 Å². The zero-order valence-corrected chi connectivity index (χ0v) is 16.8. The number of hydrogen-bond acceptors (Lipinski definition) is 3. The van der Waals surface area contributed by atoms with Crippen LogP contribution in [-0.4, -0.2) is 27.1 Å². The van der Waals surface area contributed by atoms with Crippen LogP contribution < -0.4 is 5.32 Å². The van der Waals surface area contributed by atoms with Crippen LogP contribution in [0, 0.1) is 0 Å². The Bertz CT molecular complexity index is 535. The van der Waals surface area contributed by atoms with Crippen molar-refractivity contribution in [2.24, 2.45) is 0 Å². The van der Waals surface area contributed by atoms with E-state index < -0.39 is 14.4 Å². The van der Waals surface area contributed by atoms with E-state index in [0.717, 1.165) is 5.56 Å². The summed E-state index contributed by atoms with van der Waals surface area (Å²) in [5.41, 5.74) is 0.971. The van der Waals surface area contributed by atoms with Crippen LogP contribution in [0.1, 0.15) is 33.3 Å². The number of carbonyl (C=O) groups is 1. The second-order valence-corrected chi connectivity index (χ2v) is 12.3. The number of alkyl carbamates (subject to hydrolysis) is 1. The molecule has 0 aliphatic carbocycles. The van der Waals surface area contributed by atoms with Gasteiger partial charge in [-0.05, 0) is 30.6 Å². The summed E-state index contributed by atoms with van der Waals surface area (Å²) in [7, 11) is -1.72. The first kappa shape index (κ1) is 20.5. The lowest BCUT2D eigenvalue weighted by molar-refractivity contribution is 0.138. The van der Waals surface area contributed by atoms with Crippen molar-refractivity contribution in [3.8, 4) is 0 Å². The predicted octanol–water partition coefficient (Wildman–Crippen LogP) is 4.88. The molecule has 0 saturated carbocycles. The molecule has 1 N–H and O–H groups in total. The Morgan fingerprint density at radius 2 is 1.88 bits per heavy atom. The van der Waals surface area contributed by atoms with E-state index in [9.17, 15) is 4.79 Å². The molecule has 1 rings (SSSR count). The quantitative estimate of drug-likeness (QED) is 0.564. The Kier molecular flexibility index (Phi) is 7.70.